The Kier molecular flexibility index (Phi) is 7.12. The summed E-state index contributed by atoms with van der Waals surface area (Å²) in [5.41, 5.74) is 1.43. The maximum absolute atomic E-state index is 12.9. The van der Waals surface area contributed by atoms with Gasteiger partial charge in [-0.15, -0.1) is 0 Å². The van der Waals surface area contributed by atoms with Crippen LogP contribution in [0.15, 0.2) is 53.4 Å². The van der Waals surface area contributed by atoms with Gasteiger partial charge in [0.05, 0.1) is 4.90 Å². The number of carbonyl (C=O) groups is 2. The van der Waals surface area contributed by atoms with Gasteiger partial charge in [-0.3, -0.25) is 9.59 Å². The van der Waals surface area contributed by atoms with E-state index in [0.717, 1.165) is 5.56 Å². The predicted octanol–water partition coefficient (Wildman–Crippen LogP) is 2.35. The Morgan fingerprint density at radius 1 is 1.03 bits per heavy atom. The second kappa shape index (κ2) is 9.59. The van der Waals surface area contributed by atoms with Gasteiger partial charge in [-0.05, 0) is 56.2 Å². The van der Waals surface area contributed by atoms with Crippen molar-refractivity contribution in [3.63, 3.8) is 0 Å². The number of benzene rings is 2. The molecule has 2 aromatic carbocycles. The Morgan fingerprint density at radius 3 is 2.33 bits per heavy atom. The molecule has 1 fully saturated rings. The molecule has 160 valence electrons. The highest BCUT2D eigenvalue weighted by Gasteiger charge is 2.39. The van der Waals surface area contributed by atoms with E-state index in [9.17, 15) is 18.0 Å². The van der Waals surface area contributed by atoms with Crippen LogP contribution in [0.4, 0.5) is 0 Å². The molecule has 9 heteroatoms. The SMILES string of the molecule is Cc1ccc(S(=O)(=O)N2CCC[C@H]2C(=O)NCCNC(=O)c2ccc(Cl)cc2)cc1. The van der Waals surface area contributed by atoms with Gasteiger partial charge >= 0.3 is 0 Å². The lowest BCUT2D eigenvalue weighted by atomic mass is 10.2. The highest BCUT2D eigenvalue weighted by molar-refractivity contribution is 7.89. The first kappa shape index (κ1) is 22.3. The van der Waals surface area contributed by atoms with Crippen LogP contribution < -0.4 is 10.6 Å². The van der Waals surface area contributed by atoms with Crippen LogP contribution in [-0.4, -0.2) is 50.2 Å². The molecule has 1 atom stereocenters. The molecular formula is C21H24ClN3O4S. The molecule has 3 rings (SSSR count). The normalized spacial score (nSPS) is 16.9. The second-order valence-corrected chi connectivity index (χ2v) is 9.47. The maximum Gasteiger partial charge on any atom is 0.251 e. The number of nitrogens with zero attached hydrogens (tertiary/aromatic N) is 1. The number of halogens is 1. The van der Waals surface area contributed by atoms with Crippen LogP contribution in [0, 0.1) is 6.92 Å². The van der Waals surface area contributed by atoms with Crippen molar-refractivity contribution >= 4 is 33.4 Å². The quantitative estimate of drug-likeness (QED) is 0.634. The van der Waals surface area contributed by atoms with Gasteiger partial charge in [0.25, 0.3) is 5.91 Å². The molecule has 1 aliphatic rings. The molecule has 0 bridgehead atoms. The van der Waals surface area contributed by atoms with Crippen LogP contribution in [0.3, 0.4) is 0 Å². The summed E-state index contributed by atoms with van der Waals surface area (Å²) in [6.45, 7) is 2.62. The Labute approximate surface area is 181 Å². The fourth-order valence-corrected chi connectivity index (χ4v) is 5.10. The third-order valence-corrected chi connectivity index (χ3v) is 7.12. The number of aryl methyl sites for hydroxylation is 1. The number of amides is 2. The highest BCUT2D eigenvalue weighted by atomic mass is 35.5. The van der Waals surface area contributed by atoms with Crippen molar-refractivity contribution < 1.29 is 18.0 Å². The second-order valence-electron chi connectivity index (χ2n) is 7.14. The van der Waals surface area contributed by atoms with Gasteiger partial charge in [-0.25, -0.2) is 8.42 Å². The van der Waals surface area contributed by atoms with Crippen LogP contribution >= 0.6 is 11.6 Å². The zero-order valence-corrected chi connectivity index (χ0v) is 18.2. The molecule has 2 aromatic rings. The molecule has 7 nitrogen and oxygen atoms in total. The average Bonchev–Trinajstić information content (AvgIpc) is 3.23. The van der Waals surface area contributed by atoms with Gasteiger partial charge in [0.1, 0.15) is 6.04 Å². The van der Waals surface area contributed by atoms with Crippen LogP contribution in [0.1, 0.15) is 28.8 Å². The van der Waals surface area contributed by atoms with E-state index in [1.54, 1.807) is 48.5 Å². The van der Waals surface area contributed by atoms with E-state index in [-0.39, 0.29) is 29.8 Å². The minimum absolute atomic E-state index is 0.183. The summed E-state index contributed by atoms with van der Waals surface area (Å²) in [6, 6.07) is 12.3. The van der Waals surface area contributed by atoms with Gasteiger partial charge in [0.2, 0.25) is 15.9 Å². The highest BCUT2D eigenvalue weighted by Crippen LogP contribution is 2.26. The van der Waals surface area contributed by atoms with E-state index in [4.69, 9.17) is 11.6 Å². The Balaban J connectivity index is 1.53. The first-order valence-corrected chi connectivity index (χ1v) is 11.5. The molecule has 1 saturated heterocycles. The van der Waals surface area contributed by atoms with Gasteiger partial charge in [-0.1, -0.05) is 29.3 Å². The van der Waals surface area contributed by atoms with E-state index in [1.165, 1.54) is 4.31 Å². The monoisotopic (exact) mass is 449 g/mol. The van der Waals surface area contributed by atoms with E-state index in [0.29, 0.717) is 30.0 Å². The Morgan fingerprint density at radius 2 is 1.67 bits per heavy atom. The van der Waals surface area contributed by atoms with Crippen LogP contribution in [-0.2, 0) is 14.8 Å². The fraction of sp³-hybridized carbons (Fsp3) is 0.333. The number of rotatable bonds is 7. The summed E-state index contributed by atoms with van der Waals surface area (Å²) in [5.74, 6) is -0.630. The van der Waals surface area contributed by atoms with Crippen LogP contribution in [0.2, 0.25) is 5.02 Å². The molecule has 0 aliphatic carbocycles. The average molecular weight is 450 g/mol. The van der Waals surface area contributed by atoms with Crippen molar-refractivity contribution in [1.82, 2.24) is 14.9 Å². The summed E-state index contributed by atoms with van der Waals surface area (Å²) in [5, 5.41) is 5.97. The standard InChI is InChI=1S/C21H24ClN3O4S/c1-15-4-10-18(11-5-15)30(28,29)25-14-2-3-19(25)21(27)24-13-12-23-20(26)16-6-8-17(22)9-7-16/h4-11,19H,2-3,12-14H2,1H3,(H,23,26)(H,24,27)/t19-/m0/s1. The van der Waals surface area contributed by atoms with E-state index in [1.807, 2.05) is 6.92 Å². The summed E-state index contributed by atoms with van der Waals surface area (Å²) in [7, 11) is -3.74. The van der Waals surface area contributed by atoms with Crippen LogP contribution in [0.5, 0.6) is 0 Å². The number of carbonyl (C=O) groups excluding carboxylic acids is 2. The molecule has 30 heavy (non-hydrogen) atoms. The smallest absolute Gasteiger partial charge is 0.251 e. The van der Waals surface area contributed by atoms with E-state index < -0.39 is 16.1 Å². The summed E-state index contributed by atoms with van der Waals surface area (Å²) in [6.07, 6.45) is 1.09. The van der Waals surface area contributed by atoms with Crippen LogP contribution in [0.25, 0.3) is 0 Å². The molecule has 1 heterocycles. The number of hydrogen-bond acceptors (Lipinski definition) is 4. The van der Waals surface area contributed by atoms with Gasteiger partial charge in [-0.2, -0.15) is 4.31 Å². The number of nitrogens with one attached hydrogen (secondary N) is 2. The van der Waals surface area contributed by atoms with Crippen molar-refractivity contribution in [2.45, 2.75) is 30.7 Å². The van der Waals surface area contributed by atoms with Gasteiger partial charge in [0, 0.05) is 30.2 Å². The molecular weight excluding hydrogens is 426 g/mol. The molecule has 0 saturated carbocycles. The largest absolute Gasteiger partial charge is 0.353 e. The summed E-state index contributed by atoms with van der Waals surface area (Å²) >= 11 is 5.80. The lowest BCUT2D eigenvalue weighted by Crippen LogP contribution is -2.47. The maximum atomic E-state index is 12.9. The van der Waals surface area contributed by atoms with Crippen molar-refractivity contribution in [3.8, 4) is 0 Å². The minimum Gasteiger partial charge on any atom is -0.353 e. The predicted molar refractivity (Wildman–Crippen MR) is 115 cm³/mol. The first-order chi connectivity index (χ1) is 14.3. The number of hydrogen-bond donors (Lipinski definition) is 2. The molecule has 1 aliphatic heterocycles. The Bertz CT molecular complexity index is 1010. The van der Waals surface area contributed by atoms with E-state index in [2.05, 4.69) is 10.6 Å². The first-order valence-electron chi connectivity index (χ1n) is 9.69. The lowest BCUT2D eigenvalue weighted by molar-refractivity contribution is -0.124. The van der Waals surface area contributed by atoms with Gasteiger partial charge in [0.15, 0.2) is 0 Å². The Hall–Kier alpha value is -2.42. The van der Waals surface area contributed by atoms with Crippen molar-refractivity contribution in [2.24, 2.45) is 0 Å². The fourth-order valence-electron chi connectivity index (χ4n) is 3.32. The summed E-state index contributed by atoms with van der Waals surface area (Å²) < 4.78 is 27.1. The molecule has 0 aromatic heterocycles. The lowest BCUT2D eigenvalue weighted by Gasteiger charge is -2.23. The molecule has 0 radical (unpaired) electrons. The van der Waals surface area contributed by atoms with E-state index >= 15 is 0 Å². The van der Waals surface area contributed by atoms with Crippen molar-refractivity contribution in [3.05, 3.63) is 64.7 Å². The zero-order valence-electron chi connectivity index (χ0n) is 16.6. The minimum atomic E-state index is -3.74. The number of sulfonamides is 1. The third-order valence-electron chi connectivity index (χ3n) is 4.95. The van der Waals surface area contributed by atoms with Crippen molar-refractivity contribution in [2.75, 3.05) is 19.6 Å². The molecule has 2 N–H and O–H groups in total. The molecule has 0 unspecified atom stereocenters. The molecule has 0 spiro atoms. The van der Waals surface area contributed by atoms with Gasteiger partial charge < -0.3 is 10.6 Å². The zero-order chi connectivity index (χ0) is 21.7. The summed E-state index contributed by atoms with van der Waals surface area (Å²) in [4.78, 5) is 24.8. The third kappa shape index (κ3) is 5.19. The topological polar surface area (TPSA) is 95.6 Å². The van der Waals surface area contributed by atoms with Crippen molar-refractivity contribution in [1.29, 1.82) is 0 Å². The molecule has 2 amide bonds.